The molecule has 0 fully saturated rings. The third-order valence-corrected chi connectivity index (χ3v) is 3.19. The zero-order chi connectivity index (χ0) is 16.1. The first-order valence-electron chi connectivity index (χ1n) is 7.80. The Kier molecular flexibility index (Phi) is 6.03. The molecule has 2 heteroatoms. The Balaban J connectivity index is 2.86. The molecular weight excluding hydrogens is 260 g/mol. The molecule has 1 aromatic rings. The second kappa shape index (κ2) is 7.13. The van der Waals surface area contributed by atoms with Crippen molar-refractivity contribution in [3.05, 3.63) is 36.4 Å². The van der Waals surface area contributed by atoms with Crippen molar-refractivity contribution in [2.45, 2.75) is 72.2 Å². The van der Waals surface area contributed by atoms with E-state index in [9.17, 15) is 0 Å². The normalized spacial score (nSPS) is 14.6. The lowest BCUT2D eigenvalue weighted by atomic mass is 10.1. The fourth-order valence-electron chi connectivity index (χ4n) is 2.33. The number of hydrogen-bond acceptors (Lipinski definition) is 2. The van der Waals surface area contributed by atoms with E-state index in [-0.39, 0.29) is 5.60 Å². The van der Waals surface area contributed by atoms with Gasteiger partial charge in [0.15, 0.2) is 0 Å². The van der Waals surface area contributed by atoms with Crippen LogP contribution in [0, 0.1) is 0 Å². The fourth-order valence-corrected chi connectivity index (χ4v) is 2.33. The summed E-state index contributed by atoms with van der Waals surface area (Å²) in [5.41, 5.74) is 1.95. The predicted octanol–water partition coefficient (Wildman–Crippen LogP) is 5.82. The Bertz CT molecular complexity index is 453. The fraction of sp³-hybridized carbons (Fsp3) is 0.579. The predicted molar refractivity (Wildman–Crippen MR) is 90.5 cm³/mol. The van der Waals surface area contributed by atoms with Crippen molar-refractivity contribution in [3.8, 4) is 5.75 Å². The van der Waals surface area contributed by atoms with Crippen molar-refractivity contribution in [1.29, 1.82) is 0 Å². The van der Waals surface area contributed by atoms with Crippen molar-refractivity contribution in [3.63, 3.8) is 0 Å². The molecule has 0 N–H and O–H groups in total. The van der Waals surface area contributed by atoms with Crippen LogP contribution >= 0.6 is 0 Å². The molecule has 0 aliphatic heterocycles. The Morgan fingerprint density at radius 2 is 1.67 bits per heavy atom. The second-order valence-corrected chi connectivity index (χ2v) is 6.86. The molecule has 0 heterocycles. The van der Waals surface area contributed by atoms with Crippen molar-refractivity contribution in [2.24, 2.45) is 0 Å². The van der Waals surface area contributed by atoms with Crippen LogP contribution in [0.1, 0.15) is 66.4 Å². The summed E-state index contributed by atoms with van der Waals surface area (Å²) in [6.45, 7) is 16.3. The molecule has 0 aliphatic rings. The first kappa shape index (κ1) is 17.8. The molecule has 21 heavy (non-hydrogen) atoms. The highest BCUT2D eigenvalue weighted by molar-refractivity contribution is 5.61. The van der Waals surface area contributed by atoms with Gasteiger partial charge in [0, 0.05) is 13.3 Å². The van der Waals surface area contributed by atoms with Crippen molar-refractivity contribution in [1.82, 2.24) is 0 Å². The summed E-state index contributed by atoms with van der Waals surface area (Å²) < 4.78 is 12.3. The van der Waals surface area contributed by atoms with Crippen LogP contribution in [0.3, 0.4) is 0 Å². The first-order chi connectivity index (χ1) is 9.65. The maximum atomic E-state index is 6.17. The maximum Gasteiger partial charge on any atom is 0.208 e. The summed E-state index contributed by atoms with van der Waals surface area (Å²) in [5.74, 6) is 0.238. The smallest absolute Gasteiger partial charge is 0.208 e. The van der Waals surface area contributed by atoms with Gasteiger partial charge in [0.1, 0.15) is 5.75 Å². The number of ether oxygens (including phenoxy) is 2. The summed E-state index contributed by atoms with van der Waals surface area (Å²) >= 11 is 0. The van der Waals surface area contributed by atoms with Crippen molar-refractivity contribution >= 4 is 5.57 Å². The van der Waals surface area contributed by atoms with Crippen LogP contribution in [0.5, 0.6) is 5.75 Å². The van der Waals surface area contributed by atoms with E-state index in [4.69, 9.17) is 9.47 Å². The molecule has 2 nitrogen and oxygen atoms in total. The van der Waals surface area contributed by atoms with Gasteiger partial charge in [-0.3, -0.25) is 0 Å². The third kappa shape index (κ3) is 6.34. The molecule has 0 radical (unpaired) electrons. The van der Waals surface area contributed by atoms with Gasteiger partial charge in [0.25, 0.3) is 0 Å². The van der Waals surface area contributed by atoms with E-state index in [1.165, 1.54) is 0 Å². The molecular formula is C19H30O2. The Morgan fingerprint density at radius 1 is 1.10 bits per heavy atom. The van der Waals surface area contributed by atoms with Crippen LogP contribution < -0.4 is 4.74 Å². The quantitative estimate of drug-likeness (QED) is 0.589. The molecule has 0 bridgehead atoms. The average molecular weight is 290 g/mol. The van der Waals surface area contributed by atoms with Gasteiger partial charge in [-0.2, -0.15) is 0 Å². The van der Waals surface area contributed by atoms with Gasteiger partial charge in [-0.15, -0.1) is 0 Å². The zero-order valence-corrected chi connectivity index (χ0v) is 14.5. The Morgan fingerprint density at radius 3 is 2.10 bits per heavy atom. The van der Waals surface area contributed by atoms with E-state index >= 15 is 0 Å². The summed E-state index contributed by atoms with van der Waals surface area (Å²) in [6, 6.07) is 8.05. The summed E-state index contributed by atoms with van der Waals surface area (Å²) in [5, 5.41) is 0. The van der Waals surface area contributed by atoms with Gasteiger partial charge < -0.3 is 9.47 Å². The molecule has 118 valence electrons. The minimum atomic E-state index is -0.598. The van der Waals surface area contributed by atoms with Crippen LogP contribution in [0.2, 0.25) is 0 Å². The number of allylic oxidation sites excluding steroid dienone is 1. The van der Waals surface area contributed by atoms with Crippen LogP contribution in [-0.2, 0) is 4.74 Å². The third-order valence-electron chi connectivity index (χ3n) is 3.19. The average Bonchev–Trinajstić information content (AvgIpc) is 2.34. The van der Waals surface area contributed by atoms with E-state index < -0.39 is 5.79 Å². The maximum absolute atomic E-state index is 6.17. The first-order valence-corrected chi connectivity index (χ1v) is 7.80. The van der Waals surface area contributed by atoms with E-state index in [2.05, 4.69) is 34.3 Å². The van der Waals surface area contributed by atoms with Crippen LogP contribution in [-0.4, -0.2) is 11.4 Å². The molecule has 1 unspecified atom stereocenters. The van der Waals surface area contributed by atoms with Crippen molar-refractivity contribution in [2.75, 3.05) is 0 Å². The highest BCUT2D eigenvalue weighted by atomic mass is 16.7. The van der Waals surface area contributed by atoms with Gasteiger partial charge in [-0.25, -0.2) is 0 Å². The standard InChI is InChI=1S/C19H30O2/c1-8-9-14-19(7,21-18(4,5)6)20-17-12-10-16(11-13-17)15(2)3/h10-13H,2,8-9,14H2,1,3-7H3. The minimum absolute atomic E-state index is 0.236. The number of rotatable bonds is 7. The lowest BCUT2D eigenvalue weighted by Crippen LogP contribution is -2.42. The summed E-state index contributed by atoms with van der Waals surface area (Å²) in [4.78, 5) is 0. The molecule has 1 rings (SSSR count). The van der Waals surface area contributed by atoms with Gasteiger partial charge in [0.2, 0.25) is 5.79 Å². The van der Waals surface area contributed by atoms with Crippen molar-refractivity contribution < 1.29 is 9.47 Å². The minimum Gasteiger partial charge on any atom is -0.463 e. The molecule has 0 spiro atoms. The van der Waals surface area contributed by atoms with Crippen LogP contribution in [0.15, 0.2) is 30.8 Å². The van der Waals surface area contributed by atoms with Gasteiger partial charge in [0.05, 0.1) is 5.60 Å². The molecule has 0 aliphatic carbocycles. The molecule has 0 amide bonds. The lowest BCUT2D eigenvalue weighted by molar-refractivity contribution is -0.228. The Labute approximate surface area is 130 Å². The van der Waals surface area contributed by atoms with Crippen LogP contribution in [0.4, 0.5) is 0 Å². The Hall–Kier alpha value is -1.28. The zero-order valence-electron chi connectivity index (χ0n) is 14.5. The highest BCUT2D eigenvalue weighted by Crippen LogP contribution is 2.29. The molecule has 0 saturated carbocycles. The summed E-state index contributed by atoms with van der Waals surface area (Å²) in [6.07, 6.45) is 3.08. The molecule has 1 aromatic carbocycles. The van der Waals surface area contributed by atoms with Crippen LogP contribution in [0.25, 0.3) is 5.57 Å². The molecule has 0 saturated heterocycles. The van der Waals surface area contributed by atoms with Gasteiger partial charge in [-0.1, -0.05) is 37.6 Å². The molecule has 1 atom stereocenters. The van der Waals surface area contributed by atoms with E-state index in [1.54, 1.807) is 0 Å². The molecule has 0 aromatic heterocycles. The largest absolute Gasteiger partial charge is 0.463 e. The van der Waals surface area contributed by atoms with E-state index in [1.807, 2.05) is 38.1 Å². The SMILES string of the molecule is C=C(C)c1ccc(OC(C)(CCCC)OC(C)(C)C)cc1. The topological polar surface area (TPSA) is 18.5 Å². The number of unbranched alkanes of at least 4 members (excludes halogenated alkanes) is 1. The van der Waals surface area contributed by atoms with Gasteiger partial charge >= 0.3 is 0 Å². The number of benzene rings is 1. The highest BCUT2D eigenvalue weighted by Gasteiger charge is 2.32. The second-order valence-electron chi connectivity index (χ2n) is 6.86. The van der Waals surface area contributed by atoms with E-state index in [0.29, 0.717) is 0 Å². The number of hydrogen-bond donors (Lipinski definition) is 0. The summed E-state index contributed by atoms with van der Waals surface area (Å²) in [7, 11) is 0. The monoisotopic (exact) mass is 290 g/mol. The lowest BCUT2D eigenvalue weighted by Gasteiger charge is -2.37. The van der Waals surface area contributed by atoms with E-state index in [0.717, 1.165) is 36.1 Å². The van der Waals surface area contributed by atoms with Gasteiger partial charge in [-0.05, 0) is 51.8 Å².